The molecule has 3 rings (SSSR count). The van der Waals surface area contributed by atoms with Gasteiger partial charge in [-0.05, 0) is 58.2 Å². The lowest BCUT2D eigenvalue weighted by Gasteiger charge is -2.40. The highest BCUT2D eigenvalue weighted by Gasteiger charge is 2.34. The first-order valence-corrected chi connectivity index (χ1v) is 11.3. The molecule has 0 aliphatic carbocycles. The average molecular weight is 573 g/mol. The third-order valence-corrected chi connectivity index (χ3v) is 5.05. The standard InChI is InChI=1S/C23H35N5O4.HI/c1-5-24-21(27-18-14-28(15-18)22(30)32-23(2,3)4)25-13-16-8-6-9-17(12-16)26-20(29)19-10-7-11-31-19;/h6,8-9,12,18-19H,5,7,10-11,13-15H2,1-4H3,(H,26,29)(H2,24,25,27);1H. The quantitative estimate of drug-likeness (QED) is 0.275. The summed E-state index contributed by atoms with van der Waals surface area (Å²) < 4.78 is 10.8. The van der Waals surface area contributed by atoms with Gasteiger partial charge in [0.25, 0.3) is 5.91 Å². The van der Waals surface area contributed by atoms with Crippen molar-refractivity contribution in [3.05, 3.63) is 29.8 Å². The number of benzene rings is 1. The largest absolute Gasteiger partial charge is 0.444 e. The van der Waals surface area contributed by atoms with Crippen molar-refractivity contribution in [1.29, 1.82) is 0 Å². The molecular formula is C23H36IN5O4. The molecule has 0 bridgehead atoms. The number of nitrogens with zero attached hydrogens (tertiary/aromatic N) is 2. The van der Waals surface area contributed by atoms with Crippen LogP contribution < -0.4 is 16.0 Å². The molecule has 184 valence electrons. The van der Waals surface area contributed by atoms with Crippen LogP contribution in [0.2, 0.25) is 0 Å². The number of amides is 2. The van der Waals surface area contributed by atoms with Crippen molar-refractivity contribution in [2.45, 2.75) is 64.8 Å². The van der Waals surface area contributed by atoms with E-state index in [9.17, 15) is 9.59 Å². The lowest BCUT2D eigenvalue weighted by atomic mass is 10.1. The monoisotopic (exact) mass is 573 g/mol. The first-order chi connectivity index (χ1) is 15.2. The van der Waals surface area contributed by atoms with Crippen molar-refractivity contribution in [2.24, 2.45) is 4.99 Å². The van der Waals surface area contributed by atoms with Crippen LogP contribution in [0.5, 0.6) is 0 Å². The number of anilines is 1. The van der Waals surface area contributed by atoms with Crippen molar-refractivity contribution < 1.29 is 19.1 Å². The second-order valence-electron chi connectivity index (χ2n) is 9.11. The highest BCUT2D eigenvalue weighted by molar-refractivity contribution is 14.0. The van der Waals surface area contributed by atoms with Crippen LogP contribution in [0.1, 0.15) is 46.1 Å². The second-order valence-corrected chi connectivity index (χ2v) is 9.11. The van der Waals surface area contributed by atoms with Crippen LogP contribution in [-0.2, 0) is 20.8 Å². The minimum atomic E-state index is -0.496. The number of halogens is 1. The normalized spacial score (nSPS) is 18.7. The van der Waals surface area contributed by atoms with Gasteiger partial charge in [0, 0.05) is 31.9 Å². The van der Waals surface area contributed by atoms with Crippen LogP contribution in [-0.4, -0.2) is 66.8 Å². The van der Waals surface area contributed by atoms with Crippen molar-refractivity contribution in [2.75, 3.05) is 31.6 Å². The summed E-state index contributed by atoms with van der Waals surface area (Å²) in [6.07, 6.45) is 1.03. The van der Waals surface area contributed by atoms with Crippen LogP contribution in [0, 0.1) is 0 Å². The number of rotatable bonds is 6. The lowest BCUT2D eigenvalue weighted by Crippen LogP contribution is -2.63. The van der Waals surface area contributed by atoms with Gasteiger partial charge >= 0.3 is 6.09 Å². The number of aliphatic imine (C=N–C) groups is 1. The third-order valence-electron chi connectivity index (χ3n) is 5.05. The number of likely N-dealkylation sites (tertiary alicyclic amines) is 1. The summed E-state index contributed by atoms with van der Waals surface area (Å²) in [5, 5.41) is 9.52. The van der Waals surface area contributed by atoms with E-state index in [4.69, 9.17) is 9.47 Å². The van der Waals surface area contributed by atoms with E-state index in [0.29, 0.717) is 32.2 Å². The maximum Gasteiger partial charge on any atom is 0.410 e. The topological polar surface area (TPSA) is 104 Å². The van der Waals surface area contributed by atoms with Gasteiger partial charge in [0.15, 0.2) is 5.96 Å². The first-order valence-electron chi connectivity index (χ1n) is 11.3. The number of hydrogen-bond acceptors (Lipinski definition) is 5. The molecular weight excluding hydrogens is 537 g/mol. The molecule has 1 unspecified atom stereocenters. The molecule has 2 saturated heterocycles. The molecule has 1 aromatic carbocycles. The Morgan fingerprint density at radius 1 is 1.27 bits per heavy atom. The van der Waals surface area contributed by atoms with Crippen molar-refractivity contribution in [1.82, 2.24) is 15.5 Å². The summed E-state index contributed by atoms with van der Waals surface area (Å²) in [6, 6.07) is 7.79. The average Bonchev–Trinajstić information content (AvgIpc) is 3.22. The number of nitrogens with one attached hydrogen (secondary N) is 3. The Kier molecular flexibility index (Phi) is 10.2. The number of hydrogen-bond donors (Lipinski definition) is 3. The Hall–Kier alpha value is -2.08. The summed E-state index contributed by atoms with van der Waals surface area (Å²) in [6.45, 7) is 10.6. The predicted octanol–water partition coefficient (Wildman–Crippen LogP) is 3.10. The van der Waals surface area contributed by atoms with E-state index >= 15 is 0 Å². The Labute approximate surface area is 213 Å². The fraction of sp³-hybridized carbons (Fsp3) is 0.609. The molecule has 2 aliphatic heterocycles. The van der Waals surface area contributed by atoms with E-state index < -0.39 is 5.60 Å². The molecule has 9 nitrogen and oxygen atoms in total. The fourth-order valence-corrected chi connectivity index (χ4v) is 3.48. The van der Waals surface area contributed by atoms with Gasteiger partial charge in [-0.3, -0.25) is 4.79 Å². The Balaban J connectivity index is 0.00000385. The molecule has 3 N–H and O–H groups in total. The van der Waals surface area contributed by atoms with Crippen LogP contribution in [0.15, 0.2) is 29.3 Å². The summed E-state index contributed by atoms with van der Waals surface area (Å²) in [5.74, 6) is 0.591. The van der Waals surface area contributed by atoms with Crippen molar-refractivity contribution >= 4 is 47.6 Å². The van der Waals surface area contributed by atoms with E-state index in [1.54, 1.807) is 4.90 Å². The highest BCUT2D eigenvalue weighted by Crippen LogP contribution is 2.17. The van der Waals surface area contributed by atoms with Gasteiger partial charge in [0.1, 0.15) is 11.7 Å². The zero-order valence-electron chi connectivity index (χ0n) is 19.8. The highest BCUT2D eigenvalue weighted by atomic mass is 127. The Morgan fingerprint density at radius 3 is 2.67 bits per heavy atom. The predicted molar refractivity (Wildman–Crippen MR) is 139 cm³/mol. The van der Waals surface area contributed by atoms with Crippen LogP contribution in [0.3, 0.4) is 0 Å². The van der Waals surface area contributed by atoms with Gasteiger partial charge < -0.3 is 30.3 Å². The summed E-state index contributed by atoms with van der Waals surface area (Å²) in [7, 11) is 0. The summed E-state index contributed by atoms with van der Waals surface area (Å²) >= 11 is 0. The maximum atomic E-state index is 12.3. The maximum absolute atomic E-state index is 12.3. The lowest BCUT2D eigenvalue weighted by molar-refractivity contribution is -0.124. The minimum Gasteiger partial charge on any atom is -0.444 e. The summed E-state index contributed by atoms with van der Waals surface area (Å²) in [4.78, 5) is 30.7. The van der Waals surface area contributed by atoms with Gasteiger partial charge in [-0.15, -0.1) is 24.0 Å². The van der Waals surface area contributed by atoms with E-state index in [-0.39, 0.29) is 48.1 Å². The van der Waals surface area contributed by atoms with Crippen molar-refractivity contribution in [3.63, 3.8) is 0 Å². The zero-order valence-corrected chi connectivity index (χ0v) is 22.2. The van der Waals surface area contributed by atoms with Crippen LogP contribution in [0.25, 0.3) is 0 Å². The third kappa shape index (κ3) is 8.65. The van der Waals surface area contributed by atoms with Crippen LogP contribution >= 0.6 is 24.0 Å². The zero-order chi connectivity index (χ0) is 23.1. The SMILES string of the molecule is CCNC(=NCc1cccc(NC(=O)C2CCCO2)c1)NC1CN(C(=O)OC(C)(C)C)C1.I. The van der Waals surface area contributed by atoms with E-state index in [1.165, 1.54) is 0 Å². The molecule has 0 spiro atoms. The van der Waals surface area contributed by atoms with Gasteiger partial charge in [-0.25, -0.2) is 9.79 Å². The van der Waals surface area contributed by atoms with Gasteiger partial charge in [-0.2, -0.15) is 0 Å². The minimum absolute atomic E-state index is 0. The molecule has 1 aromatic rings. The summed E-state index contributed by atoms with van der Waals surface area (Å²) in [5.41, 5.74) is 1.23. The molecule has 0 saturated carbocycles. The van der Waals surface area contributed by atoms with E-state index in [1.807, 2.05) is 52.0 Å². The molecule has 1 atom stereocenters. The smallest absolute Gasteiger partial charge is 0.410 e. The molecule has 10 heteroatoms. The van der Waals surface area contributed by atoms with E-state index in [2.05, 4.69) is 20.9 Å². The number of carbonyl (C=O) groups excluding carboxylic acids is 2. The van der Waals surface area contributed by atoms with Crippen LogP contribution in [0.4, 0.5) is 10.5 Å². The molecule has 0 aromatic heterocycles. The van der Waals surface area contributed by atoms with Gasteiger partial charge in [0.2, 0.25) is 0 Å². The van der Waals surface area contributed by atoms with Gasteiger partial charge in [0.05, 0.1) is 12.6 Å². The number of ether oxygens (including phenoxy) is 2. The molecule has 2 heterocycles. The molecule has 2 amide bonds. The molecule has 33 heavy (non-hydrogen) atoms. The molecule has 2 aliphatic rings. The van der Waals surface area contributed by atoms with Crippen molar-refractivity contribution in [3.8, 4) is 0 Å². The number of carbonyl (C=O) groups is 2. The molecule has 2 fully saturated rings. The number of guanidine groups is 1. The van der Waals surface area contributed by atoms with Gasteiger partial charge in [-0.1, -0.05) is 12.1 Å². The fourth-order valence-electron chi connectivity index (χ4n) is 3.48. The van der Waals surface area contributed by atoms with E-state index in [0.717, 1.165) is 30.6 Å². The Morgan fingerprint density at radius 2 is 2.03 bits per heavy atom. The Bertz CT molecular complexity index is 830. The molecule has 0 radical (unpaired) electrons. The first kappa shape index (κ1) is 27.2. The second kappa shape index (κ2) is 12.4.